The van der Waals surface area contributed by atoms with Crippen molar-refractivity contribution >= 4 is 34.1 Å². The molecule has 0 aliphatic carbocycles. The number of ether oxygens (including phenoxy) is 1. The van der Waals surface area contributed by atoms with Crippen molar-refractivity contribution in [3.05, 3.63) is 46.4 Å². The summed E-state index contributed by atoms with van der Waals surface area (Å²) in [5.41, 5.74) is 2.29. The molecule has 1 N–H and O–H groups in total. The highest BCUT2D eigenvalue weighted by molar-refractivity contribution is 5.85. The van der Waals surface area contributed by atoms with Gasteiger partial charge in [-0.3, -0.25) is 9.59 Å². The number of ketones is 1. The molecular formula is C27H37N5O3. The van der Waals surface area contributed by atoms with Crippen LogP contribution >= 0.6 is 0 Å². The van der Waals surface area contributed by atoms with E-state index in [2.05, 4.69) is 22.1 Å². The second kappa shape index (κ2) is 11.3. The van der Waals surface area contributed by atoms with Crippen LogP contribution in [0.4, 0.5) is 17.5 Å². The molecule has 1 aromatic carbocycles. The lowest BCUT2D eigenvalue weighted by Gasteiger charge is -2.30. The fraction of sp³-hybridized carbons (Fsp3) is 0.481. The number of carbonyl (C=O) groups excluding carboxylic acids is 1. The molecule has 0 radical (unpaired) electrons. The van der Waals surface area contributed by atoms with Gasteiger partial charge in [-0.1, -0.05) is 20.8 Å². The van der Waals surface area contributed by atoms with E-state index in [4.69, 9.17) is 9.72 Å². The van der Waals surface area contributed by atoms with Gasteiger partial charge in [-0.15, -0.1) is 0 Å². The van der Waals surface area contributed by atoms with E-state index in [0.717, 1.165) is 65.8 Å². The number of hydrogen-bond acceptors (Lipinski definition) is 7. The monoisotopic (exact) mass is 479 g/mol. The summed E-state index contributed by atoms with van der Waals surface area (Å²) in [6, 6.07) is 7.45. The van der Waals surface area contributed by atoms with Crippen molar-refractivity contribution in [2.75, 3.05) is 23.3 Å². The lowest BCUT2D eigenvalue weighted by molar-refractivity contribution is -0.122. The molecule has 1 aliphatic heterocycles. The second-order valence-corrected chi connectivity index (χ2v) is 9.01. The zero-order chi connectivity index (χ0) is 25.7. The lowest BCUT2D eigenvalue weighted by Crippen LogP contribution is -2.34. The van der Waals surface area contributed by atoms with Crippen LogP contribution in [0.3, 0.4) is 0 Å². The Balaban J connectivity index is 0.00000167. The van der Waals surface area contributed by atoms with Gasteiger partial charge in [-0.2, -0.15) is 4.98 Å². The highest BCUT2D eigenvalue weighted by atomic mass is 16.5. The second-order valence-electron chi connectivity index (χ2n) is 9.01. The third-order valence-corrected chi connectivity index (χ3v) is 6.36. The van der Waals surface area contributed by atoms with Gasteiger partial charge in [0.15, 0.2) is 17.6 Å². The van der Waals surface area contributed by atoms with Crippen LogP contribution in [0.15, 0.2) is 35.3 Å². The van der Waals surface area contributed by atoms with Crippen LogP contribution in [0.5, 0.6) is 5.75 Å². The first-order chi connectivity index (χ1) is 16.7. The minimum Gasteiger partial charge on any atom is -0.477 e. The first-order valence-electron chi connectivity index (χ1n) is 12.4. The fourth-order valence-corrected chi connectivity index (χ4v) is 3.95. The zero-order valence-corrected chi connectivity index (χ0v) is 21.9. The Morgan fingerprint density at radius 1 is 1.20 bits per heavy atom. The van der Waals surface area contributed by atoms with Crippen molar-refractivity contribution in [1.82, 2.24) is 14.5 Å². The molecule has 0 bridgehead atoms. The lowest BCUT2D eigenvalue weighted by atomic mass is 10.00. The summed E-state index contributed by atoms with van der Waals surface area (Å²) < 4.78 is 7.17. The molecule has 0 amide bonds. The number of nitrogens with zero attached hydrogens (tertiary/aromatic N) is 4. The smallest absolute Gasteiger partial charge is 0.293 e. The van der Waals surface area contributed by atoms with Crippen LogP contribution in [0, 0.1) is 12.8 Å². The Hall–Kier alpha value is -3.42. The van der Waals surface area contributed by atoms with Gasteiger partial charge in [0.1, 0.15) is 5.82 Å². The van der Waals surface area contributed by atoms with Gasteiger partial charge in [0.2, 0.25) is 5.95 Å². The topological polar surface area (TPSA) is 89.3 Å². The van der Waals surface area contributed by atoms with Crippen LogP contribution in [0.2, 0.25) is 0 Å². The summed E-state index contributed by atoms with van der Waals surface area (Å²) in [4.78, 5) is 35.8. The molecule has 35 heavy (non-hydrogen) atoms. The number of nitrogens with one attached hydrogen (secondary N) is 1. The SMILES string of the molecule is CC.CC(=O)C(C)Oc1cc2cc(Nc3nc(N4CCC(C)CC4)ncc3C)ccc2n(C)c1=O. The highest BCUT2D eigenvalue weighted by Gasteiger charge is 2.19. The molecule has 1 aliphatic rings. The normalized spacial score (nSPS) is 14.8. The summed E-state index contributed by atoms with van der Waals surface area (Å²) in [5.74, 6) is 2.26. The van der Waals surface area contributed by atoms with Gasteiger partial charge >= 0.3 is 0 Å². The molecular weight excluding hydrogens is 442 g/mol. The molecule has 3 aromatic rings. The number of benzene rings is 1. The Morgan fingerprint density at radius 3 is 2.54 bits per heavy atom. The molecule has 2 aromatic heterocycles. The number of pyridine rings is 1. The Bertz CT molecular complexity index is 1250. The van der Waals surface area contributed by atoms with Crippen molar-refractivity contribution in [2.45, 2.75) is 60.5 Å². The molecule has 8 heteroatoms. The largest absolute Gasteiger partial charge is 0.477 e. The number of rotatable bonds is 6. The number of fused-ring (bicyclic) bond motifs is 1. The fourth-order valence-electron chi connectivity index (χ4n) is 3.95. The van der Waals surface area contributed by atoms with E-state index in [1.807, 2.05) is 45.2 Å². The van der Waals surface area contributed by atoms with E-state index in [9.17, 15) is 9.59 Å². The molecule has 1 atom stereocenters. The van der Waals surface area contributed by atoms with Crippen LogP contribution in [-0.2, 0) is 11.8 Å². The summed E-state index contributed by atoms with van der Waals surface area (Å²) in [6.07, 6.45) is 3.46. The van der Waals surface area contributed by atoms with E-state index in [0.29, 0.717) is 0 Å². The molecule has 1 unspecified atom stereocenters. The van der Waals surface area contributed by atoms with Crippen molar-refractivity contribution < 1.29 is 9.53 Å². The number of piperidine rings is 1. The number of hydrogen-bond donors (Lipinski definition) is 1. The maximum atomic E-state index is 12.7. The van der Waals surface area contributed by atoms with Gasteiger partial charge in [-0.05, 0) is 63.8 Å². The highest BCUT2D eigenvalue weighted by Crippen LogP contribution is 2.27. The maximum absolute atomic E-state index is 12.7. The van der Waals surface area contributed by atoms with E-state index in [-0.39, 0.29) is 17.1 Å². The van der Waals surface area contributed by atoms with Gasteiger partial charge in [0.05, 0.1) is 5.52 Å². The third kappa shape index (κ3) is 5.99. The van der Waals surface area contributed by atoms with Crippen molar-refractivity contribution in [2.24, 2.45) is 13.0 Å². The van der Waals surface area contributed by atoms with Gasteiger partial charge in [0, 0.05) is 43.0 Å². The van der Waals surface area contributed by atoms with E-state index in [1.54, 1.807) is 20.0 Å². The van der Waals surface area contributed by atoms with E-state index >= 15 is 0 Å². The van der Waals surface area contributed by atoms with Crippen LogP contribution in [-0.4, -0.2) is 39.5 Å². The molecule has 3 heterocycles. The molecule has 188 valence electrons. The quantitative estimate of drug-likeness (QED) is 0.532. The minimum absolute atomic E-state index is 0.134. The number of aryl methyl sites for hydroxylation is 2. The van der Waals surface area contributed by atoms with Gasteiger partial charge in [-0.25, -0.2) is 4.98 Å². The standard InChI is InChI=1S/C25H31N5O3.C2H6/c1-15-8-10-30(11-9-15)25-26-14-16(2)23(28-25)27-20-6-7-21-19(12-20)13-22(24(32)29(21)5)33-18(4)17(3)31;1-2/h6-7,12-15,18H,8-11H2,1-5H3,(H,26,27,28);1-2H3. The number of Topliss-reactive ketones (excluding diaryl/α,β-unsaturated/α-hetero) is 1. The number of anilines is 3. The van der Waals surface area contributed by atoms with Crippen LogP contribution in [0.1, 0.15) is 53.0 Å². The van der Waals surface area contributed by atoms with E-state index in [1.165, 1.54) is 11.5 Å². The Kier molecular flexibility index (Phi) is 8.48. The third-order valence-electron chi connectivity index (χ3n) is 6.36. The van der Waals surface area contributed by atoms with Gasteiger partial charge < -0.3 is 19.5 Å². The Labute approximate surface area is 207 Å². The molecule has 1 fully saturated rings. The molecule has 4 rings (SSSR count). The predicted molar refractivity (Wildman–Crippen MR) is 142 cm³/mol. The van der Waals surface area contributed by atoms with Crippen LogP contribution in [0.25, 0.3) is 10.9 Å². The Morgan fingerprint density at radius 2 is 1.89 bits per heavy atom. The van der Waals surface area contributed by atoms with Crippen molar-refractivity contribution in [3.8, 4) is 5.75 Å². The van der Waals surface area contributed by atoms with Crippen LogP contribution < -0.4 is 20.5 Å². The summed E-state index contributed by atoms with van der Waals surface area (Å²) in [6.45, 7) is 13.3. The number of carbonyl (C=O) groups is 1. The predicted octanol–water partition coefficient (Wildman–Crippen LogP) is 5.00. The molecule has 1 saturated heterocycles. The molecule has 0 spiro atoms. The van der Waals surface area contributed by atoms with Crippen molar-refractivity contribution in [1.29, 1.82) is 0 Å². The molecule has 0 saturated carbocycles. The average Bonchev–Trinajstić information content (AvgIpc) is 2.85. The molecule has 8 nitrogen and oxygen atoms in total. The average molecular weight is 480 g/mol. The van der Waals surface area contributed by atoms with E-state index < -0.39 is 6.10 Å². The summed E-state index contributed by atoms with van der Waals surface area (Å²) >= 11 is 0. The van der Waals surface area contributed by atoms with Crippen molar-refractivity contribution in [3.63, 3.8) is 0 Å². The first-order valence-corrected chi connectivity index (χ1v) is 12.4. The van der Waals surface area contributed by atoms with Gasteiger partial charge in [0.25, 0.3) is 5.56 Å². The maximum Gasteiger partial charge on any atom is 0.293 e. The minimum atomic E-state index is -0.684. The summed E-state index contributed by atoms with van der Waals surface area (Å²) in [7, 11) is 1.70. The number of aromatic nitrogens is 3. The first kappa shape index (κ1) is 26.2. The summed E-state index contributed by atoms with van der Waals surface area (Å²) in [5, 5.41) is 4.23. The zero-order valence-electron chi connectivity index (χ0n) is 21.9.